The molecule has 5 amide bonds. The fourth-order valence-electron chi connectivity index (χ4n) is 5.94. The minimum absolute atomic E-state index is 0.00873. The Morgan fingerprint density at radius 3 is 2.06 bits per heavy atom. The number of aliphatic carboxylic acids is 1. The third kappa shape index (κ3) is 11.5. The van der Waals surface area contributed by atoms with Crippen LogP contribution in [0, 0.1) is 11.8 Å². The maximum atomic E-state index is 13.9. The number of aromatic amines is 1. The Bertz CT molecular complexity index is 1520. The van der Waals surface area contributed by atoms with Gasteiger partial charge in [0, 0.05) is 23.5 Å². The first-order valence-corrected chi connectivity index (χ1v) is 17.5. The second-order valence-electron chi connectivity index (χ2n) is 13.6. The van der Waals surface area contributed by atoms with Crippen molar-refractivity contribution in [3.8, 4) is 0 Å². The Hall–Kier alpha value is -4.54. The largest absolute Gasteiger partial charge is 0.480 e. The smallest absolute Gasteiger partial charge is 0.326 e. The summed E-state index contributed by atoms with van der Waals surface area (Å²) in [5.74, 6) is -5.51. The van der Waals surface area contributed by atoms with E-state index >= 15 is 0 Å². The fraction of sp³-hybridized carbons (Fsp3) is 0.600. The molecule has 0 radical (unpaired) electrons. The van der Waals surface area contributed by atoms with Crippen molar-refractivity contribution in [1.82, 2.24) is 36.9 Å². The van der Waals surface area contributed by atoms with Gasteiger partial charge in [0.1, 0.15) is 30.2 Å². The van der Waals surface area contributed by atoms with Crippen molar-refractivity contribution >= 4 is 46.4 Å². The number of carboxylic acids is 1. The number of nitrogens with one attached hydrogen (secondary N) is 7. The molecule has 1 aromatic carbocycles. The summed E-state index contributed by atoms with van der Waals surface area (Å²) in [4.78, 5) is 81.8. The molecule has 3 rings (SSSR count). The lowest BCUT2D eigenvalue weighted by molar-refractivity contribution is -0.144. The summed E-state index contributed by atoms with van der Waals surface area (Å²) in [5, 5.41) is 46.6. The summed E-state index contributed by atoms with van der Waals surface area (Å²) in [6.45, 7) is 8.19. The van der Waals surface area contributed by atoms with Gasteiger partial charge in [-0.15, -0.1) is 0 Å². The van der Waals surface area contributed by atoms with Crippen molar-refractivity contribution in [1.29, 1.82) is 0 Å². The zero-order valence-electron chi connectivity index (χ0n) is 29.8. The minimum atomic E-state index is -1.65. The molecule has 0 spiro atoms. The number of H-pyrrole nitrogens is 1. The van der Waals surface area contributed by atoms with Crippen molar-refractivity contribution < 1.29 is 44.1 Å². The van der Waals surface area contributed by atoms with Crippen molar-refractivity contribution in [2.24, 2.45) is 11.8 Å². The van der Waals surface area contributed by atoms with Crippen molar-refractivity contribution in [3.63, 3.8) is 0 Å². The third-order valence-electron chi connectivity index (χ3n) is 9.10. The summed E-state index contributed by atoms with van der Waals surface area (Å²) in [6.07, 6.45) is 2.34. The number of para-hydroxylation sites is 1. The number of aromatic nitrogens is 1. The minimum Gasteiger partial charge on any atom is -0.480 e. The van der Waals surface area contributed by atoms with Crippen LogP contribution in [0.25, 0.3) is 10.9 Å². The summed E-state index contributed by atoms with van der Waals surface area (Å²) in [5.41, 5.74) is 1.47. The maximum Gasteiger partial charge on any atom is 0.326 e. The van der Waals surface area contributed by atoms with Crippen LogP contribution in [0.3, 0.4) is 0 Å². The first-order valence-electron chi connectivity index (χ1n) is 17.5. The Morgan fingerprint density at radius 1 is 0.843 bits per heavy atom. The van der Waals surface area contributed by atoms with Gasteiger partial charge in [-0.3, -0.25) is 24.0 Å². The molecule has 2 heterocycles. The molecule has 1 aromatic heterocycles. The van der Waals surface area contributed by atoms with Crippen LogP contribution in [0.2, 0.25) is 0 Å². The highest BCUT2D eigenvalue weighted by atomic mass is 16.4. The molecular formula is C35H53N7O9. The van der Waals surface area contributed by atoms with Gasteiger partial charge in [-0.25, -0.2) is 4.79 Å². The van der Waals surface area contributed by atoms with Crippen molar-refractivity contribution in [2.45, 2.75) is 109 Å². The summed E-state index contributed by atoms with van der Waals surface area (Å²) in [6, 6.07) is 0.133. The van der Waals surface area contributed by atoms with Gasteiger partial charge >= 0.3 is 5.97 Å². The summed E-state index contributed by atoms with van der Waals surface area (Å²) >= 11 is 0. The molecule has 1 fully saturated rings. The van der Waals surface area contributed by atoms with Gasteiger partial charge in [-0.05, 0) is 56.2 Å². The number of rotatable bonds is 19. The Kier molecular flexibility index (Phi) is 15.4. The zero-order valence-corrected chi connectivity index (χ0v) is 29.8. The number of hydrogen-bond acceptors (Lipinski definition) is 9. The highest BCUT2D eigenvalue weighted by Gasteiger charge is 2.36. The van der Waals surface area contributed by atoms with E-state index in [-0.39, 0.29) is 24.7 Å². The molecule has 1 aliphatic rings. The van der Waals surface area contributed by atoms with Gasteiger partial charge in [0.05, 0.1) is 18.8 Å². The van der Waals surface area contributed by atoms with Crippen LogP contribution in [-0.4, -0.2) is 111 Å². The van der Waals surface area contributed by atoms with Crippen LogP contribution in [0.15, 0.2) is 30.5 Å². The number of fused-ring (bicyclic) bond motifs is 1. The highest BCUT2D eigenvalue weighted by molar-refractivity contribution is 5.97. The number of carboxylic acid groups (broad SMARTS) is 1. The monoisotopic (exact) mass is 715 g/mol. The number of benzene rings is 1. The number of hydrogen-bond donors (Lipinski definition) is 10. The van der Waals surface area contributed by atoms with E-state index in [1.807, 2.05) is 38.1 Å². The van der Waals surface area contributed by atoms with Gasteiger partial charge in [0.15, 0.2) is 0 Å². The van der Waals surface area contributed by atoms with E-state index in [1.54, 1.807) is 20.0 Å². The molecule has 16 heteroatoms. The highest BCUT2D eigenvalue weighted by Crippen LogP contribution is 2.20. The van der Waals surface area contributed by atoms with E-state index < -0.39 is 84.5 Å². The molecule has 10 N–H and O–H groups in total. The molecule has 0 saturated carbocycles. The molecule has 8 atom stereocenters. The SMILES string of the molecule is CC[C@H](C)[C@H](NC(=O)[C@H](CO)NC(=O)[C@@H](NC(=O)[C@H](Cc1c[nH]c2ccccc12)NC(=O)[C@H](CC(C)C)NC(=O)[C@@H]1CCCN1)[C@@H](C)O)C(=O)O. The van der Waals surface area contributed by atoms with E-state index in [1.165, 1.54) is 6.92 Å². The topological polar surface area (TPSA) is 251 Å². The second-order valence-corrected chi connectivity index (χ2v) is 13.6. The second kappa shape index (κ2) is 19.2. The normalized spacial score (nSPS) is 18.5. The van der Waals surface area contributed by atoms with Gasteiger partial charge in [-0.2, -0.15) is 0 Å². The fourth-order valence-corrected chi connectivity index (χ4v) is 5.94. The van der Waals surface area contributed by atoms with E-state index in [0.29, 0.717) is 24.9 Å². The average molecular weight is 716 g/mol. The summed E-state index contributed by atoms with van der Waals surface area (Å²) < 4.78 is 0. The quantitative estimate of drug-likeness (QED) is 0.0888. The number of carbonyl (C=O) groups excluding carboxylic acids is 5. The van der Waals surface area contributed by atoms with Crippen LogP contribution in [0.1, 0.15) is 65.9 Å². The molecule has 282 valence electrons. The predicted octanol–water partition coefficient (Wildman–Crippen LogP) is -0.564. The van der Waals surface area contributed by atoms with Gasteiger partial charge in [-0.1, -0.05) is 52.3 Å². The van der Waals surface area contributed by atoms with E-state index in [4.69, 9.17) is 0 Å². The molecule has 0 unspecified atom stereocenters. The van der Waals surface area contributed by atoms with Crippen LogP contribution < -0.4 is 31.9 Å². The molecule has 2 aromatic rings. The van der Waals surface area contributed by atoms with E-state index in [2.05, 4.69) is 36.9 Å². The van der Waals surface area contributed by atoms with Gasteiger partial charge < -0.3 is 52.2 Å². The van der Waals surface area contributed by atoms with E-state index in [0.717, 1.165) is 17.3 Å². The van der Waals surface area contributed by atoms with Crippen LogP contribution in [0.5, 0.6) is 0 Å². The molecule has 1 aliphatic heterocycles. The molecule has 16 nitrogen and oxygen atoms in total. The predicted molar refractivity (Wildman–Crippen MR) is 188 cm³/mol. The lowest BCUT2D eigenvalue weighted by atomic mass is 9.99. The number of amides is 5. The molecule has 51 heavy (non-hydrogen) atoms. The van der Waals surface area contributed by atoms with Crippen molar-refractivity contribution in [3.05, 3.63) is 36.0 Å². The lowest BCUT2D eigenvalue weighted by Crippen LogP contribution is -2.62. The first-order chi connectivity index (χ1) is 24.2. The first kappa shape index (κ1) is 40.9. The standard InChI is InChI=1S/C35H53N7O9/c1-6-19(4)28(35(50)51)41-33(48)27(17-43)40-34(49)29(20(5)44)42-32(47)26(15-21-16-37-23-11-8-7-10-22(21)23)39-31(46)25(14-18(2)3)38-30(45)24-12-9-13-36-24/h7-8,10-11,16,18-20,24-29,36-37,43-44H,6,9,12-15,17H2,1-5H3,(H,38,45)(H,39,46)(H,40,49)(H,41,48)(H,42,47)(H,50,51)/t19-,20+,24-,25-,26-,27-,28-,29-/m0/s1. The Labute approximate surface area is 297 Å². The number of aliphatic hydroxyl groups excluding tert-OH is 2. The maximum absolute atomic E-state index is 13.9. The van der Waals surface area contributed by atoms with Crippen LogP contribution >= 0.6 is 0 Å². The number of aliphatic hydroxyl groups is 2. The molecule has 0 aliphatic carbocycles. The molecule has 0 bridgehead atoms. The van der Waals surface area contributed by atoms with Gasteiger partial charge in [0.25, 0.3) is 0 Å². The van der Waals surface area contributed by atoms with E-state index in [9.17, 15) is 44.1 Å². The van der Waals surface area contributed by atoms with Crippen LogP contribution in [-0.2, 0) is 35.2 Å². The Morgan fingerprint density at radius 2 is 1.47 bits per heavy atom. The zero-order chi connectivity index (χ0) is 37.8. The molecule has 1 saturated heterocycles. The molecular weight excluding hydrogens is 662 g/mol. The van der Waals surface area contributed by atoms with Crippen molar-refractivity contribution in [2.75, 3.05) is 13.2 Å². The van der Waals surface area contributed by atoms with Gasteiger partial charge in [0.2, 0.25) is 29.5 Å². The number of carbonyl (C=O) groups is 6. The average Bonchev–Trinajstić information content (AvgIpc) is 3.77. The summed E-state index contributed by atoms with van der Waals surface area (Å²) in [7, 11) is 0. The van der Waals surface area contributed by atoms with Crippen LogP contribution in [0.4, 0.5) is 0 Å². The third-order valence-corrected chi connectivity index (χ3v) is 9.10. The lowest BCUT2D eigenvalue weighted by Gasteiger charge is -2.28. The Balaban J connectivity index is 1.84.